The number of fused-ring (bicyclic) bond motifs is 1. The van der Waals surface area contributed by atoms with Crippen molar-refractivity contribution < 1.29 is 19.8 Å². The normalized spacial score (nSPS) is 22.3. The van der Waals surface area contributed by atoms with Crippen molar-refractivity contribution >= 4 is 57.7 Å². The molecule has 2 N–H and O–H groups in total. The lowest BCUT2D eigenvalue weighted by Gasteiger charge is -2.29. The van der Waals surface area contributed by atoms with Crippen molar-refractivity contribution in [2.75, 3.05) is 0 Å². The summed E-state index contributed by atoms with van der Waals surface area (Å²) in [6, 6.07) is 13.8. The summed E-state index contributed by atoms with van der Waals surface area (Å²) in [6.07, 6.45) is -0.200. The highest BCUT2D eigenvalue weighted by molar-refractivity contribution is 8.01. The number of thioether (sulfide) groups is 1. The molecular formula is C26H22Cl2N4O4S. The number of benzene rings is 2. The van der Waals surface area contributed by atoms with Gasteiger partial charge in [-0.05, 0) is 42.1 Å². The van der Waals surface area contributed by atoms with Crippen molar-refractivity contribution in [3.8, 4) is 0 Å². The maximum atomic E-state index is 13.8. The van der Waals surface area contributed by atoms with Crippen LogP contribution in [-0.2, 0) is 4.79 Å². The number of ketones is 2. The summed E-state index contributed by atoms with van der Waals surface area (Å²) in [6.45, 7) is 3.55. The van der Waals surface area contributed by atoms with Crippen LogP contribution < -0.4 is 0 Å². The maximum absolute atomic E-state index is 13.8. The molecule has 3 heterocycles. The number of aliphatic hydroxyl groups excluding tert-OH is 1. The average molecular weight is 557 g/mol. The molecule has 5 rings (SSSR count). The molecule has 0 bridgehead atoms. The molecular weight excluding hydrogens is 535 g/mol. The van der Waals surface area contributed by atoms with E-state index in [2.05, 4.69) is 15.0 Å². The molecule has 2 aromatic heterocycles. The number of hydrogen-bond acceptors (Lipinski definition) is 8. The van der Waals surface area contributed by atoms with Crippen LogP contribution in [0, 0.1) is 13.8 Å². The molecule has 0 aliphatic carbocycles. The zero-order chi connectivity index (χ0) is 26.5. The van der Waals surface area contributed by atoms with E-state index in [0.29, 0.717) is 27.9 Å². The van der Waals surface area contributed by atoms with Gasteiger partial charge in [-0.3, -0.25) is 9.59 Å². The Morgan fingerprint density at radius 1 is 1.08 bits per heavy atom. The number of aryl methyl sites for hydroxylation is 2. The molecule has 4 atom stereocenters. The van der Waals surface area contributed by atoms with E-state index in [-0.39, 0.29) is 16.9 Å². The molecule has 4 aromatic rings. The van der Waals surface area contributed by atoms with Gasteiger partial charge in [-0.2, -0.15) is 4.98 Å². The largest absolute Gasteiger partial charge is 0.380 e. The molecule has 0 amide bonds. The lowest BCUT2D eigenvalue weighted by Crippen LogP contribution is -2.50. The number of hydrogen-bond donors (Lipinski definition) is 2. The van der Waals surface area contributed by atoms with Gasteiger partial charge >= 0.3 is 0 Å². The zero-order valence-corrected chi connectivity index (χ0v) is 22.1. The quantitative estimate of drug-likeness (QED) is 0.200. The summed E-state index contributed by atoms with van der Waals surface area (Å²) in [7, 11) is 0. The lowest BCUT2D eigenvalue weighted by atomic mass is 9.82. The minimum Gasteiger partial charge on any atom is -0.380 e. The predicted octanol–water partition coefficient (Wildman–Crippen LogP) is 4.67. The Morgan fingerprint density at radius 2 is 1.76 bits per heavy atom. The molecule has 0 radical (unpaired) electrons. The van der Waals surface area contributed by atoms with Gasteiger partial charge in [-0.15, -0.1) is 11.8 Å². The summed E-state index contributed by atoms with van der Waals surface area (Å²) in [5.74, 6) is -1.26. The van der Waals surface area contributed by atoms with Crippen LogP contribution in [0.2, 0.25) is 10.4 Å². The van der Waals surface area contributed by atoms with E-state index >= 15 is 0 Å². The minimum absolute atomic E-state index is 0.0607. The molecule has 11 heteroatoms. The van der Waals surface area contributed by atoms with Gasteiger partial charge in [0.2, 0.25) is 5.28 Å². The fourth-order valence-electron chi connectivity index (χ4n) is 4.69. The Morgan fingerprint density at radius 3 is 2.46 bits per heavy atom. The number of carbonyl (C=O) groups excluding carboxylic acids is 2. The number of rotatable bonds is 6. The number of imidazole rings is 1. The lowest BCUT2D eigenvalue weighted by molar-refractivity contribution is -0.130. The standard InChI is InChI=1S/C26H22Cl2N4O4S/c1-13-7-3-5-9-15(13)19(33)20(34)22-26(36,21(35)16-10-6-4-8-14(16)2)11-17(37-22)32-12-29-18-23(27)30-25(28)31-24(18)32/h3-10,12,17,19,22,33,36H,11H2,1-2H3/t17-,19?,22-,26+/m0/s1. The average Bonchev–Trinajstić information content (AvgIpc) is 3.45. The third-order valence-corrected chi connectivity index (χ3v) is 8.70. The van der Waals surface area contributed by atoms with Crippen LogP contribution in [-0.4, -0.2) is 52.1 Å². The van der Waals surface area contributed by atoms with Crippen molar-refractivity contribution in [3.05, 3.63) is 87.5 Å². The van der Waals surface area contributed by atoms with E-state index in [1.165, 1.54) is 6.33 Å². The van der Waals surface area contributed by atoms with E-state index < -0.39 is 33.9 Å². The highest BCUT2D eigenvalue weighted by Gasteiger charge is 2.57. The second kappa shape index (κ2) is 9.81. The van der Waals surface area contributed by atoms with E-state index in [9.17, 15) is 19.8 Å². The first-order valence-electron chi connectivity index (χ1n) is 11.4. The third-order valence-electron chi connectivity index (χ3n) is 6.67. The summed E-state index contributed by atoms with van der Waals surface area (Å²) in [5.41, 5.74) is 0.605. The number of carbonyl (C=O) groups is 2. The Hall–Kier alpha value is -2.82. The van der Waals surface area contributed by atoms with Gasteiger partial charge in [0.25, 0.3) is 0 Å². The summed E-state index contributed by atoms with van der Waals surface area (Å²) < 4.78 is 1.61. The molecule has 0 spiro atoms. The van der Waals surface area contributed by atoms with Crippen molar-refractivity contribution in [2.45, 2.75) is 42.6 Å². The van der Waals surface area contributed by atoms with E-state index in [1.54, 1.807) is 66.9 Å². The number of aromatic nitrogens is 4. The Balaban J connectivity index is 1.60. The van der Waals surface area contributed by atoms with Crippen LogP contribution in [0.5, 0.6) is 0 Å². The van der Waals surface area contributed by atoms with Crippen LogP contribution in [0.1, 0.15) is 44.9 Å². The molecule has 1 aliphatic rings. The zero-order valence-electron chi connectivity index (χ0n) is 19.8. The molecule has 8 nitrogen and oxygen atoms in total. The Kier molecular flexibility index (Phi) is 6.84. The number of nitrogens with zero attached hydrogens (tertiary/aromatic N) is 4. The molecule has 1 unspecified atom stereocenters. The Bertz CT molecular complexity index is 1540. The first kappa shape index (κ1) is 25.8. The number of Topliss-reactive ketones (excluding diaryl/α,β-unsaturated/α-hetero) is 2. The highest BCUT2D eigenvalue weighted by atomic mass is 35.5. The van der Waals surface area contributed by atoms with E-state index in [4.69, 9.17) is 23.2 Å². The maximum Gasteiger partial charge on any atom is 0.225 e. The van der Waals surface area contributed by atoms with Crippen LogP contribution in [0.4, 0.5) is 0 Å². The number of halogens is 2. The van der Waals surface area contributed by atoms with Gasteiger partial charge in [0.15, 0.2) is 22.4 Å². The predicted molar refractivity (Wildman–Crippen MR) is 142 cm³/mol. The van der Waals surface area contributed by atoms with Gasteiger partial charge in [0.1, 0.15) is 22.5 Å². The van der Waals surface area contributed by atoms with Crippen LogP contribution in [0.15, 0.2) is 54.9 Å². The summed E-state index contributed by atoms with van der Waals surface area (Å²) in [5, 5.41) is 21.1. The smallest absolute Gasteiger partial charge is 0.225 e. The van der Waals surface area contributed by atoms with Crippen molar-refractivity contribution in [1.29, 1.82) is 0 Å². The first-order valence-corrected chi connectivity index (χ1v) is 13.1. The molecule has 1 aliphatic heterocycles. The fraction of sp³-hybridized carbons (Fsp3) is 0.269. The van der Waals surface area contributed by atoms with Crippen molar-refractivity contribution in [3.63, 3.8) is 0 Å². The van der Waals surface area contributed by atoms with Gasteiger partial charge in [-0.1, -0.05) is 60.1 Å². The van der Waals surface area contributed by atoms with Crippen LogP contribution >= 0.6 is 35.0 Å². The van der Waals surface area contributed by atoms with Crippen LogP contribution in [0.3, 0.4) is 0 Å². The van der Waals surface area contributed by atoms with E-state index in [0.717, 1.165) is 17.3 Å². The summed E-state index contributed by atoms with van der Waals surface area (Å²) in [4.78, 5) is 40.0. The SMILES string of the molecule is Cc1ccccc1C(=O)[C@]1(O)C[C@@H](n2cnc3c(Cl)nc(Cl)nc32)S[C@H]1C(=O)C(O)c1ccccc1C. The molecule has 190 valence electrons. The third kappa shape index (κ3) is 4.45. The highest BCUT2D eigenvalue weighted by Crippen LogP contribution is 2.51. The second-order valence-electron chi connectivity index (χ2n) is 9.01. The number of aliphatic hydroxyl groups is 2. The van der Waals surface area contributed by atoms with Crippen molar-refractivity contribution in [2.24, 2.45) is 0 Å². The molecule has 1 fully saturated rings. The molecule has 2 aromatic carbocycles. The van der Waals surface area contributed by atoms with Gasteiger partial charge in [-0.25, -0.2) is 9.97 Å². The van der Waals surface area contributed by atoms with Crippen LogP contribution in [0.25, 0.3) is 11.2 Å². The molecule has 0 saturated carbocycles. The molecule has 1 saturated heterocycles. The monoisotopic (exact) mass is 556 g/mol. The first-order chi connectivity index (χ1) is 17.6. The topological polar surface area (TPSA) is 118 Å². The van der Waals surface area contributed by atoms with Crippen molar-refractivity contribution in [1.82, 2.24) is 19.5 Å². The summed E-state index contributed by atoms with van der Waals surface area (Å²) >= 11 is 13.3. The van der Waals surface area contributed by atoms with Gasteiger partial charge in [0.05, 0.1) is 11.7 Å². The fourth-order valence-corrected chi connectivity index (χ4v) is 6.75. The minimum atomic E-state index is -2.11. The van der Waals surface area contributed by atoms with Gasteiger partial charge in [0, 0.05) is 12.0 Å². The molecule has 37 heavy (non-hydrogen) atoms. The second-order valence-corrected chi connectivity index (χ2v) is 11.0. The Labute approximate surface area is 226 Å². The van der Waals surface area contributed by atoms with Gasteiger partial charge < -0.3 is 14.8 Å². The van der Waals surface area contributed by atoms with E-state index in [1.807, 2.05) is 0 Å².